The van der Waals surface area contributed by atoms with Crippen molar-refractivity contribution in [1.29, 1.82) is 0 Å². The van der Waals surface area contributed by atoms with Gasteiger partial charge in [0.25, 0.3) is 5.91 Å². The van der Waals surface area contributed by atoms with E-state index in [0.29, 0.717) is 12.2 Å². The highest BCUT2D eigenvalue weighted by molar-refractivity contribution is 7.20. The van der Waals surface area contributed by atoms with Gasteiger partial charge in [0, 0.05) is 23.2 Å². The standard InChI is InChI=1S/C21H21FN2OS/c1-12-7-8-16(22)20-19(12)15(13(2)24-20)9-10-23-21(25)18-11-14-5-3-4-6-17(14)26-18/h3-8,11,13,15,24H,9-10H2,1-2H3,(H,23,25). The minimum absolute atomic E-state index is 0.0407. The molecule has 0 fully saturated rings. The molecule has 0 aliphatic carbocycles. The van der Waals surface area contributed by atoms with Crippen molar-refractivity contribution in [3.8, 4) is 0 Å². The van der Waals surface area contributed by atoms with Gasteiger partial charge in [-0.2, -0.15) is 0 Å². The number of carbonyl (C=O) groups is 1. The summed E-state index contributed by atoms with van der Waals surface area (Å²) in [6.07, 6.45) is 0.780. The third kappa shape index (κ3) is 2.97. The van der Waals surface area contributed by atoms with Crippen LogP contribution in [0.25, 0.3) is 10.1 Å². The summed E-state index contributed by atoms with van der Waals surface area (Å²) in [6, 6.07) is 13.4. The summed E-state index contributed by atoms with van der Waals surface area (Å²) in [5, 5.41) is 7.37. The molecule has 3 nitrogen and oxygen atoms in total. The Morgan fingerprint density at radius 3 is 2.88 bits per heavy atom. The molecule has 1 aliphatic heterocycles. The van der Waals surface area contributed by atoms with Crippen LogP contribution in [0.3, 0.4) is 0 Å². The predicted molar refractivity (Wildman–Crippen MR) is 106 cm³/mol. The van der Waals surface area contributed by atoms with Crippen LogP contribution >= 0.6 is 11.3 Å². The van der Waals surface area contributed by atoms with Crippen molar-refractivity contribution in [1.82, 2.24) is 5.32 Å². The minimum Gasteiger partial charge on any atom is -0.379 e. The quantitative estimate of drug-likeness (QED) is 0.675. The maximum Gasteiger partial charge on any atom is 0.261 e. The zero-order valence-corrected chi connectivity index (χ0v) is 15.6. The highest BCUT2D eigenvalue weighted by Gasteiger charge is 2.32. The van der Waals surface area contributed by atoms with E-state index < -0.39 is 0 Å². The number of thiophene rings is 1. The molecule has 0 spiro atoms. The second kappa shape index (κ2) is 6.72. The molecule has 5 heteroatoms. The molecule has 2 heterocycles. The number of anilines is 1. The van der Waals surface area contributed by atoms with E-state index in [-0.39, 0.29) is 23.7 Å². The van der Waals surface area contributed by atoms with Gasteiger partial charge in [0.05, 0.1) is 10.6 Å². The Bertz CT molecular complexity index is 948. The monoisotopic (exact) mass is 368 g/mol. The lowest BCUT2D eigenvalue weighted by Crippen LogP contribution is -2.27. The van der Waals surface area contributed by atoms with Crippen molar-refractivity contribution in [3.05, 3.63) is 64.3 Å². The van der Waals surface area contributed by atoms with Gasteiger partial charge in [-0.1, -0.05) is 24.3 Å². The van der Waals surface area contributed by atoms with Crippen molar-refractivity contribution in [3.63, 3.8) is 0 Å². The van der Waals surface area contributed by atoms with E-state index in [9.17, 15) is 9.18 Å². The summed E-state index contributed by atoms with van der Waals surface area (Å²) in [6.45, 7) is 4.65. The topological polar surface area (TPSA) is 41.1 Å². The van der Waals surface area contributed by atoms with Crippen molar-refractivity contribution >= 4 is 33.0 Å². The maximum atomic E-state index is 14.1. The molecule has 26 heavy (non-hydrogen) atoms. The van der Waals surface area contributed by atoms with Crippen molar-refractivity contribution in [2.24, 2.45) is 0 Å². The third-order valence-corrected chi connectivity index (χ3v) is 6.26. The molecule has 2 atom stereocenters. The average molecular weight is 368 g/mol. The van der Waals surface area contributed by atoms with E-state index >= 15 is 0 Å². The van der Waals surface area contributed by atoms with E-state index in [4.69, 9.17) is 0 Å². The fraction of sp³-hybridized carbons (Fsp3) is 0.286. The SMILES string of the molecule is Cc1ccc(F)c2c1C(CCNC(=O)c1cc3ccccc3s1)C(C)N2. The Morgan fingerprint density at radius 2 is 2.08 bits per heavy atom. The van der Waals surface area contributed by atoms with Gasteiger partial charge in [0.15, 0.2) is 0 Å². The van der Waals surface area contributed by atoms with Crippen LogP contribution in [0.1, 0.15) is 40.1 Å². The molecule has 2 aromatic carbocycles. The zero-order chi connectivity index (χ0) is 18.3. The lowest BCUT2D eigenvalue weighted by Gasteiger charge is -2.17. The highest BCUT2D eigenvalue weighted by atomic mass is 32.1. The van der Waals surface area contributed by atoms with Crippen molar-refractivity contribution < 1.29 is 9.18 Å². The molecule has 2 N–H and O–H groups in total. The van der Waals surface area contributed by atoms with Gasteiger partial charge < -0.3 is 10.6 Å². The van der Waals surface area contributed by atoms with Crippen LogP contribution in [0.5, 0.6) is 0 Å². The largest absolute Gasteiger partial charge is 0.379 e. The van der Waals surface area contributed by atoms with Crippen molar-refractivity contribution in [2.45, 2.75) is 32.2 Å². The lowest BCUT2D eigenvalue weighted by molar-refractivity contribution is 0.0956. The molecular weight excluding hydrogens is 347 g/mol. The number of aryl methyl sites for hydroxylation is 1. The number of fused-ring (bicyclic) bond motifs is 2. The van der Waals surface area contributed by atoms with Gasteiger partial charge in [-0.25, -0.2) is 4.39 Å². The van der Waals surface area contributed by atoms with Gasteiger partial charge >= 0.3 is 0 Å². The molecule has 0 saturated carbocycles. The van der Waals surface area contributed by atoms with Crippen LogP contribution < -0.4 is 10.6 Å². The van der Waals surface area contributed by atoms with E-state index in [2.05, 4.69) is 17.6 Å². The van der Waals surface area contributed by atoms with Crippen molar-refractivity contribution in [2.75, 3.05) is 11.9 Å². The molecule has 4 rings (SSSR count). The van der Waals surface area contributed by atoms with Crippen LogP contribution in [0.15, 0.2) is 42.5 Å². The summed E-state index contributed by atoms with van der Waals surface area (Å²) in [5.74, 6) is -0.0429. The van der Waals surface area contributed by atoms with Crippen LogP contribution in [0.2, 0.25) is 0 Å². The molecule has 1 amide bonds. The normalized spacial score (nSPS) is 18.6. The van der Waals surface area contributed by atoms with Crippen LogP contribution in [0, 0.1) is 12.7 Å². The number of benzene rings is 2. The Kier molecular flexibility index (Phi) is 4.41. The van der Waals surface area contributed by atoms with Gasteiger partial charge in [-0.3, -0.25) is 4.79 Å². The number of nitrogens with one attached hydrogen (secondary N) is 2. The number of rotatable bonds is 4. The van der Waals surface area contributed by atoms with E-state index in [1.807, 2.05) is 43.3 Å². The first-order valence-electron chi connectivity index (χ1n) is 8.87. The van der Waals surface area contributed by atoms with E-state index in [1.165, 1.54) is 17.4 Å². The van der Waals surface area contributed by atoms with Crippen LogP contribution in [0.4, 0.5) is 10.1 Å². The summed E-state index contributed by atoms with van der Waals surface area (Å²) in [7, 11) is 0. The van der Waals surface area contributed by atoms with Gasteiger partial charge in [-0.15, -0.1) is 11.3 Å². The molecule has 3 aromatic rings. The minimum atomic E-state index is -0.200. The van der Waals surface area contributed by atoms with Gasteiger partial charge in [0.1, 0.15) is 5.82 Å². The average Bonchev–Trinajstić information content (AvgIpc) is 3.20. The Balaban J connectivity index is 1.44. The second-order valence-electron chi connectivity index (χ2n) is 6.89. The molecule has 1 aliphatic rings. The van der Waals surface area contributed by atoms with E-state index in [0.717, 1.165) is 32.5 Å². The first-order valence-corrected chi connectivity index (χ1v) is 9.68. The Hall–Kier alpha value is -2.40. The molecule has 1 aromatic heterocycles. The molecule has 0 bridgehead atoms. The summed E-state index contributed by atoms with van der Waals surface area (Å²) < 4.78 is 15.2. The molecular formula is C21H21FN2OS. The zero-order valence-electron chi connectivity index (χ0n) is 14.8. The van der Waals surface area contributed by atoms with Crippen LogP contribution in [-0.2, 0) is 0 Å². The van der Waals surface area contributed by atoms with Crippen LogP contribution in [-0.4, -0.2) is 18.5 Å². The smallest absolute Gasteiger partial charge is 0.261 e. The number of amides is 1. The Labute approximate surface area is 156 Å². The summed E-state index contributed by atoms with van der Waals surface area (Å²) in [5.41, 5.74) is 2.77. The number of halogens is 1. The summed E-state index contributed by atoms with van der Waals surface area (Å²) >= 11 is 1.51. The van der Waals surface area contributed by atoms with Gasteiger partial charge in [-0.05, 0) is 55.0 Å². The molecule has 134 valence electrons. The highest BCUT2D eigenvalue weighted by Crippen LogP contribution is 2.41. The lowest BCUT2D eigenvalue weighted by atomic mass is 9.89. The second-order valence-corrected chi connectivity index (χ2v) is 7.97. The predicted octanol–water partition coefficient (Wildman–Crippen LogP) is 5.07. The molecule has 2 unspecified atom stereocenters. The number of carbonyl (C=O) groups excluding carboxylic acids is 1. The fourth-order valence-corrected chi connectivity index (χ4v) is 4.80. The first-order chi connectivity index (χ1) is 12.5. The first kappa shape index (κ1) is 17.0. The van der Waals surface area contributed by atoms with E-state index in [1.54, 1.807) is 0 Å². The summed E-state index contributed by atoms with van der Waals surface area (Å²) in [4.78, 5) is 13.2. The maximum absolute atomic E-state index is 14.1. The third-order valence-electron chi connectivity index (χ3n) is 5.15. The Morgan fingerprint density at radius 1 is 1.27 bits per heavy atom. The molecule has 0 saturated heterocycles. The number of hydrogen-bond donors (Lipinski definition) is 2. The number of hydrogen-bond acceptors (Lipinski definition) is 3. The van der Waals surface area contributed by atoms with Gasteiger partial charge in [0.2, 0.25) is 0 Å². The fourth-order valence-electron chi connectivity index (χ4n) is 3.82. The molecule has 0 radical (unpaired) electrons.